The van der Waals surface area contributed by atoms with Gasteiger partial charge in [0.25, 0.3) is 11.8 Å². The van der Waals surface area contributed by atoms with Crippen LogP contribution >= 0.6 is 0 Å². The van der Waals surface area contributed by atoms with E-state index in [9.17, 15) is 14.9 Å². The van der Waals surface area contributed by atoms with E-state index >= 15 is 0 Å². The quantitative estimate of drug-likeness (QED) is 0.652. The van der Waals surface area contributed by atoms with Crippen molar-refractivity contribution in [1.82, 2.24) is 15.4 Å². The highest BCUT2D eigenvalue weighted by Gasteiger charge is 2.25. The van der Waals surface area contributed by atoms with Crippen molar-refractivity contribution in [3.05, 3.63) is 71.2 Å². The van der Waals surface area contributed by atoms with Gasteiger partial charge in [-0.25, -0.2) is 0 Å². The number of amides is 2. The first-order chi connectivity index (χ1) is 14.6. The number of aryl methyl sites for hydroxylation is 2. The molecule has 1 aliphatic rings. The zero-order valence-corrected chi connectivity index (χ0v) is 16.5. The molecule has 0 saturated heterocycles. The second-order valence-electron chi connectivity index (χ2n) is 7.07. The van der Waals surface area contributed by atoms with E-state index in [1.54, 1.807) is 36.0 Å². The van der Waals surface area contributed by atoms with Crippen molar-refractivity contribution in [1.29, 1.82) is 5.26 Å². The number of hydrogen-bond donors (Lipinski definition) is 2. The van der Waals surface area contributed by atoms with Gasteiger partial charge in [-0.2, -0.15) is 5.26 Å². The maximum absolute atomic E-state index is 12.7. The van der Waals surface area contributed by atoms with E-state index in [1.807, 2.05) is 29.2 Å². The van der Waals surface area contributed by atoms with Gasteiger partial charge in [-0.3, -0.25) is 25.0 Å². The summed E-state index contributed by atoms with van der Waals surface area (Å²) in [6, 6.07) is 13.6. The molecule has 8 heteroatoms. The van der Waals surface area contributed by atoms with Crippen LogP contribution in [0.3, 0.4) is 0 Å². The fourth-order valence-corrected chi connectivity index (χ4v) is 3.74. The smallest absolute Gasteiger partial charge is 0.274 e. The van der Waals surface area contributed by atoms with Crippen LogP contribution in [-0.4, -0.2) is 29.5 Å². The molecule has 4 rings (SSSR count). The summed E-state index contributed by atoms with van der Waals surface area (Å²) in [7, 11) is 0. The molecule has 0 radical (unpaired) electrons. The summed E-state index contributed by atoms with van der Waals surface area (Å²) in [6.07, 6.45) is 5.40. The maximum atomic E-state index is 12.7. The standard InChI is InChI=1S/C22H21N5O3/c1-15-20(17(13-23)22(30-15)26-10-4-5-11-26)21(29)25-24-19(28)14-27-12-6-8-16-7-2-3-9-18(16)27/h2-5,7,9-11H,6,8,12,14H2,1H3,(H,24,28)(H,25,29). The number of carbonyl (C=O) groups is 2. The van der Waals surface area contributed by atoms with Gasteiger partial charge in [0.15, 0.2) is 0 Å². The Hall–Kier alpha value is -3.99. The molecule has 0 spiro atoms. The lowest BCUT2D eigenvalue weighted by atomic mass is 10.0. The van der Waals surface area contributed by atoms with Gasteiger partial charge in [0.2, 0.25) is 5.88 Å². The number of para-hydroxylation sites is 1. The van der Waals surface area contributed by atoms with Gasteiger partial charge in [-0.05, 0) is 43.5 Å². The average Bonchev–Trinajstić information content (AvgIpc) is 3.39. The van der Waals surface area contributed by atoms with E-state index in [2.05, 4.69) is 16.9 Å². The van der Waals surface area contributed by atoms with Crippen molar-refractivity contribution < 1.29 is 14.0 Å². The van der Waals surface area contributed by atoms with Gasteiger partial charge >= 0.3 is 0 Å². The van der Waals surface area contributed by atoms with Crippen LogP contribution in [0.15, 0.2) is 53.2 Å². The molecule has 3 aromatic rings. The predicted molar refractivity (Wildman–Crippen MR) is 110 cm³/mol. The number of anilines is 1. The SMILES string of the molecule is Cc1oc(-n2cccc2)c(C#N)c1C(=O)NNC(=O)CN1CCCc2ccccc21. The van der Waals surface area contributed by atoms with Crippen LogP contribution in [0, 0.1) is 18.3 Å². The Bertz CT molecular complexity index is 1120. The summed E-state index contributed by atoms with van der Waals surface area (Å²) in [4.78, 5) is 27.1. The second kappa shape index (κ2) is 8.17. The third-order valence-corrected chi connectivity index (χ3v) is 5.10. The van der Waals surface area contributed by atoms with Crippen LogP contribution in [0.2, 0.25) is 0 Å². The number of nitriles is 1. The van der Waals surface area contributed by atoms with E-state index in [4.69, 9.17) is 4.42 Å². The highest BCUT2D eigenvalue weighted by atomic mass is 16.4. The van der Waals surface area contributed by atoms with Crippen LogP contribution in [0.4, 0.5) is 5.69 Å². The Morgan fingerprint density at radius 2 is 1.93 bits per heavy atom. The zero-order valence-electron chi connectivity index (χ0n) is 16.5. The topological polar surface area (TPSA) is 103 Å². The van der Waals surface area contributed by atoms with E-state index < -0.39 is 5.91 Å². The van der Waals surface area contributed by atoms with Crippen molar-refractivity contribution in [2.75, 3.05) is 18.0 Å². The zero-order chi connectivity index (χ0) is 21.1. The lowest BCUT2D eigenvalue weighted by Gasteiger charge is -2.30. The Kier molecular flexibility index (Phi) is 5.26. The molecular weight excluding hydrogens is 382 g/mol. The summed E-state index contributed by atoms with van der Waals surface area (Å²) in [5, 5.41) is 9.55. The minimum atomic E-state index is -0.599. The Balaban J connectivity index is 1.43. The van der Waals surface area contributed by atoms with Crippen LogP contribution in [0.25, 0.3) is 5.88 Å². The first-order valence-corrected chi connectivity index (χ1v) is 9.67. The molecule has 0 atom stereocenters. The van der Waals surface area contributed by atoms with Crippen molar-refractivity contribution in [3.8, 4) is 12.0 Å². The average molecular weight is 403 g/mol. The molecule has 152 valence electrons. The first kappa shape index (κ1) is 19.3. The number of carbonyl (C=O) groups excluding carboxylic acids is 2. The molecule has 3 heterocycles. The number of aromatic nitrogens is 1. The van der Waals surface area contributed by atoms with Crippen molar-refractivity contribution in [3.63, 3.8) is 0 Å². The number of furan rings is 1. The number of hydrogen-bond acceptors (Lipinski definition) is 5. The number of fused-ring (bicyclic) bond motifs is 1. The lowest BCUT2D eigenvalue weighted by Crippen LogP contribution is -2.47. The fourth-order valence-electron chi connectivity index (χ4n) is 3.74. The largest absolute Gasteiger partial charge is 0.443 e. The predicted octanol–water partition coefficient (Wildman–Crippen LogP) is 2.46. The van der Waals surface area contributed by atoms with Gasteiger partial charge in [0.05, 0.1) is 6.54 Å². The first-order valence-electron chi connectivity index (χ1n) is 9.67. The van der Waals surface area contributed by atoms with Gasteiger partial charge in [-0.15, -0.1) is 0 Å². The summed E-state index contributed by atoms with van der Waals surface area (Å²) in [6.45, 7) is 2.51. The molecule has 8 nitrogen and oxygen atoms in total. The highest BCUT2D eigenvalue weighted by molar-refractivity contribution is 5.99. The monoisotopic (exact) mass is 403 g/mol. The number of benzene rings is 1. The molecule has 0 unspecified atom stereocenters. The fraction of sp³-hybridized carbons (Fsp3) is 0.227. The van der Waals surface area contributed by atoms with Gasteiger partial charge < -0.3 is 9.32 Å². The minimum Gasteiger partial charge on any atom is -0.443 e. The van der Waals surface area contributed by atoms with Crippen LogP contribution in [-0.2, 0) is 11.2 Å². The number of hydrazine groups is 1. The molecule has 0 bridgehead atoms. The number of nitrogens with zero attached hydrogens (tertiary/aromatic N) is 3. The summed E-state index contributed by atoms with van der Waals surface area (Å²) < 4.78 is 7.25. The second-order valence-corrected chi connectivity index (χ2v) is 7.07. The van der Waals surface area contributed by atoms with Crippen LogP contribution in [0.5, 0.6) is 0 Å². The van der Waals surface area contributed by atoms with Crippen LogP contribution < -0.4 is 15.8 Å². The molecule has 30 heavy (non-hydrogen) atoms. The molecule has 2 aromatic heterocycles. The molecule has 1 aliphatic heterocycles. The maximum Gasteiger partial charge on any atom is 0.274 e. The van der Waals surface area contributed by atoms with Crippen molar-refractivity contribution in [2.24, 2.45) is 0 Å². The Labute approximate surface area is 173 Å². The summed E-state index contributed by atoms with van der Waals surface area (Å²) in [5.41, 5.74) is 7.31. The lowest BCUT2D eigenvalue weighted by molar-refractivity contribution is -0.120. The van der Waals surface area contributed by atoms with Crippen molar-refractivity contribution >= 4 is 17.5 Å². The number of nitrogens with one attached hydrogen (secondary N) is 2. The van der Waals surface area contributed by atoms with E-state index in [1.165, 1.54) is 5.56 Å². The van der Waals surface area contributed by atoms with E-state index in [-0.39, 0.29) is 29.5 Å². The normalized spacial score (nSPS) is 12.7. The third kappa shape index (κ3) is 3.65. The molecule has 0 fully saturated rings. The van der Waals surface area contributed by atoms with E-state index in [0.717, 1.165) is 25.1 Å². The molecule has 0 saturated carbocycles. The Morgan fingerprint density at radius 3 is 2.70 bits per heavy atom. The Morgan fingerprint density at radius 1 is 1.17 bits per heavy atom. The van der Waals surface area contributed by atoms with Gasteiger partial charge in [0.1, 0.15) is 23.0 Å². The molecular formula is C22H21N5O3. The molecule has 1 aromatic carbocycles. The third-order valence-electron chi connectivity index (χ3n) is 5.10. The highest BCUT2D eigenvalue weighted by Crippen LogP contribution is 2.26. The number of rotatable bonds is 4. The minimum absolute atomic E-state index is 0.102. The summed E-state index contributed by atoms with van der Waals surface area (Å²) >= 11 is 0. The molecule has 0 aliphatic carbocycles. The van der Waals surface area contributed by atoms with Crippen molar-refractivity contribution in [2.45, 2.75) is 19.8 Å². The van der Waals surface area contributed by atoms with Crippen LogP contribution in [0.1, 0.15) is 33.7 Å². The molecule has 2 amide bonds. The van der Waals surface area contributed by atoms with Gasteiger partial charge in [0, 0.05) is 24.6 Å². The van der Waals surface area contributed by atoms with Gasteiger partial charge in [-0.1, -0.05) is 18.2 Å². The molecule has 2 N–H and O–H groups in total. The summed E-state index contributed by atoms with van der Waals surface area (Å²) in [5.74, 6) is -0.378. The van der Waals surface area contributed by atoms with E-state index in [0.29, 0.717) is 5.76 Å².